The smallest absolute Gasteiger partial charge is 0.471 e. The van der Waals surface area contributed by atoms with E-state index < -0.39 is 22.7 Å². The van der Waals surface area contributed by atoms with Gasteiger partial charge in [-0.3, -0.25) is 14.9 Å². The summed E-state index contributed by atoms with van der Waals surface area (Å²) in [4.78, 5) is 30.8. The van der Waals surface area contributed by atoms with Crippen molar-refractivity contribution in [3.05, 3.63) is 10.1 Å². The van der Waals surface area contributed by atoms with Crippen molar-refractivity contribution in [3.8, 4) is 11.8 Å². The second-order valence-corrected chi connectivity index (χ2v) is 5.46. The number of carbonyl (C=O) groups is 1. The third kappa shape index (κ3) is 4.21. The van der Waals surface area contributed by atoms with Gasteiger partial charge in [0.2, 0.25) is 5.95 Å². The Morgan fingerprint density at radius 1 is 1.35 bits per heavy atom. The lowest BCUT2D eigenvalue weighted by molar-refractivity contribution is -0.387. The van der Waals surface area contributed by atoms with Gasteiger partial charge in [0.15, 0.2) is 0 Å². The largest absolute Gasteiger partial charge is 0.476 e. The van der Waals surface area contributed by atoms with Gasteiger partial charge in [-0.1, -0.05) is 0 Å². The van der Waals surface area contributed by atoms with Crippen LogP contribution in [0.4, 0.5) is 24.8 Å². The third-order valence-electron chi connectivity index (χ3n) is 3.75. The van der Waals surface area contributed by atoms with Crippen molar-refractivity contribution >= 4 is 17.5 Å². The number of ether oxygens (including phenoxy) is 2. The van der Waals surface area contributed by atoms with Crippen molar-refractivity contribution < 1.29 is 32.4 Å². The number of methoxy groups -OCH3 is 2. The van der Waals surface area contributed by atoms with Crippen LogP contribution < -0.4 is 19.7 Å². The van der Waals surface area contributed by atoms with Gasteiger partial charge >= 0.3 is 29.5 Å². The van der Waals surface area contributed by atoms with Gasteiger partial charge in [-0.15, -0.1) is 0 Å². The van der Waals surface area contributed by atoms with Gasteiger partial charge in [-0.25, -0.2) is 0 Å². The average molecular weight is 379 g/mol. The summed E-state index contributed by atoms with van der Waals surface area (Å²) in [6.07, 6.45) is -4.44. The van der Waals surface area contributed by atoms with Crippen molar-refractivity contribution in [1.29, 1.82) is 0 Å². The summed E-state index contributed by atoms with van der Waals surface area (Å²) < 4.78 is 46.5. The predicted octanol–water partition coefficient (Wildman–Crippen LogP) is 0.907. The van der Waals surface area contributed by atoms with Crippen LogP contribution in [-0.2, 0) is 4.79 Å². The minimum absolute atomic E-state index is 0.0916. The van der Waals surface area contributed by atoms with Gasteiger partial charge in [0.25, 0.3) is 0 Å². The van der Waals surface area contributed by atoms with E-state index in [9.17, 15) is 28.1 Å². The number of amides is 1. The molecule has 0 radical (unpaired) electrons. The highest BCUT2D eigenvalue weighted by Crippen LogP contribution is 2.36. The summed E-state index contributed by atoms with van der Waals surface area (Å²) in [6.45, 7) is 0.509. The van der Waals surface area contributed by atoms with E-state index in [1.54, 1.807) is 4.90 Å². The number of alkyl halides is 3. The van der Waals surface area contributed by atoms with E-state index in [0.29, 0.717) is 13.0 Å². The number of carbonyl (C=O) groups excluding carboxylic acids is 1. The van der Waals surface area contributed by atoms with Gasteiger partial charge in [0.1, 0.15) is 0 Å². The molecule has 1 fully saturated rings. The fourth-order valence-corrected chi connectivity index (χ4v) is 2.50. The molecule has 1 atom stereocenters. The molecule has 26 heavy (non-hydrogen) atoms. The molecule has 144 valence electrons. The second-order valence-electron chi connectivity index (χ2n) is 5.46. The lowest BCUT2D eigenvalue weighted by Gasteiger charge is -2.18. The van der Waals surface area contributed by atoms with Crippen LogP contribution in [0.3, 0.4) is 0 Å². The van der Waals surface area contributed by atoms with E-state index in [1.165, 1.54) is 14.2 Å². The van der Waals surface area contributed by atoms with Crippen LogP contribution in [0, 0.1) is 16.0 Å². The van der Waals surface area contributed by atoms with Crippen molar-refractivity contribution in [2.75, 3.05) is 38.8 Å². The SMILES string of the molecule is COc1nc(N2CCC(CNC(=O)C(F)(F)F)C2)nc(OC)c1[N+](=O)[O-]. The first-order valence-corrected chi connectivity index (χ1v) is 7.41. The van der Waals surface area contributed by atoms with Crippen LogP contribution in [0.1, 0.15) is 6.42 Å². The molecule has 0 spiro atoms. The van der Waals surface area contributed by atoms with Gasteiger partial charge in [0.05, 0.1) is 19.1 Å². The Balaban J connectivity index is 2.11. The molecular weight excluding hydrogens is 363 g/mol. The molecule has 2 heterocycles. The number of nitro groups is 1. The summed E-state index contributed by atoms with van der Waals surface area (Å²) >= 11 is 0. The maximum atomic E-state index is 12.2. The molecule has 0 bridgehead atoms. The lowest BCUT2D eigenvalue weighted by Crippen LogP contribution is -2.39. The molecule has 2 rings (SSSR count). The molecule has 1 aliphatic heterocycles. The molecule has 10 nitrogen and oxygen atoms in total. The van der Waals surface area contributed by atoms with Crippen molar-refractivity contribution in [2.45, 2.75) is 12.6 Å². The Kier molecular flexibility index (Phi) is 5.67. The van der Waals surface area contributed by atoms with Gasteiger partial charge in [-0.2, -0.15) is 23.1 Å². The monoisotopic (exact) mass is 379 g/mol. The Hall–Kier alpha value is -2.86. The molecule has 13 heteroatoms. The highest BCUT2D eigenvalue weighted by molar-refractivity contribution is 5.81. The zero-order valence-corrected chi connectivity index (χ0v) is 13.9. The van der Waals surface area contributed by atoms with Crippen molar-refractivity contribution in [1.82, 2.24) is 15.3 Å². The number of rotatable bonds is 6. The molecule has 0 saturated carbocycles. The molecule has 1 saturated heterocycles. The Labute approximate surface area is 145 Å². The summed E-state index contributed by atoms with van der Waals surface area (Å²) in [5.74, 6) is -2.73. The van der Waals surface area contributed by atoms with E-state index in [4.69, 9.17) is 9.47 Å². The second kappa shape index (κ2) is 7.58. The van der Waals surface area contributed by atoms with E-state index >= 15 is 0 Å². The summed E-state index contributed by atoms with van der Waals surface area (Å²) in [5.41, 5.74) is -0.521. The van der Waals surface area contributed by atoms with E-state index in [1.807, 2.05) is 5.32 Å². The lowest BCUT2D eigenvalue weighted by atomic mass is 10.1. The number of hydrogen-bond acceptors (Lipinski definition) is 8. The fraction of sp³-hybridized carbons (Fsp3) is 0.615. The van der Waals surface area contributed by atoms with E-state index in [-0.39, 0.29) is 36.7 Å². The number of hydrogen-bond donors (Lipinski definition) is 1. The molecule has 1 aromatic heterocycles. The number of anilines is 1. The minimum Gasteiger partial charge on any atom is -0.476 e. The van der Waals surface area contributed by atoms with Crippen LogP contribution in [0.2, 0.25) is 0 Å². The van der Waals surface area contributed by atoms with Crippen LogP contribution in [-0.4, -0.2) is 60.8 Å². The number of halogens is 3. The average Bonchev–Trinajstić information content (AvgIpc) is 3.06. The maximum Gasteiger partial charge on any atom is 0.471 e. The quantitative estimate of drug-likeness (QED) is 0.572. The van der Waals surface area contributed by atoms with E-state index in [2.05, 4.69) is 9.97 Å². The molecule has 1 N–H and O–H groups in total. The predicted molar refractivity (Wildman–Crippen MR) is 81.2 cm³/mol. The topological polar surface area (TPSA) is 120 Å². The molecule has 0 aromatic carbocycles. The van der Waals surface area contributed by atoms with Crippen LogP contribution in [0.25, 0.3) is 0 Å². The Morgan fingerprint density at radius 2 is 1.92 bits per heavy atom. The van der Waals surface area contributed by atoms with Gasteiger partial charge < -0.3 is 19.7 Å². The number of aromatic nitrogens is 2. The highest BCUT2D eigenvalue weighted by Gasteiger charge is 2.39. The maximum absolute atomic E-state index is 12.2. The summed E-state index contributed by atoms with van der Waals surface area (Å²) in [6, 6.07) is 0. The number of nitrogens with one attached hydrogen (secondary N) is 1. The molecule has 1 unspecified atom stereocenters. The van der Waals surface area contributed by atoms with Crippen molar-refractivity contribution in [3.63, 3.8) is 0 Å². The molecule has 1 aliphatic rings. The Morgan fingerprint density at radius 3 is 2.38 bits per heavy atom. The molecule has 1 aromatic rings. The third-order valence-corrected chi connectivity index (χ3v) is 3.75. The first-order chi connectivity index (χ1) is 12.2. The van der Waals surface area contributed by atoms with Crippen molar-refractivity contribution in [2.24, 2.45) is 5.92 Å². The Bertz CT molecular complexity index is 674. The van der Waals surface area contributed by atoms with Gasteiger partial charge in [-0.05, 0) is 12.3 Å². The van der Waals surface area contributed by atoms with E-state index in [0.717, 1.165) is 0 Å². The molecule has 1 amide bonds. The highest BCUT2D eigenvalue weighted by atomic mass is 19.4. The van der Waals surface area contributed by atoms with Gasteiger partial charge in [0, 0.05) is 19.6 Å². The zero-order chi connectivity index (χ0) is 19.5. The fourth-order valence-electron chi connectivity index (χ4n) is 2.50. The number of nitrogens with zero attached hydrogens (tertiary/aromatic N) is 4. The summed E-state index contributed by atoms with van der Waals surface area (Å²) in [5, 5.41) is 12.9. The van der Waals surface area contributed by atoms with Crippen LogP contribution >= 0.6 is 0 Å². The summed E-state index contributed by atoms with van der Waals surface area (Å²) in [7, 11) is 2.41. The van der Waals surface area contributed by atoms with Crippen LogP contribution in [0.5, 0.6) is 11.8 Å². The standard InChI is InChI=1S/C13H16F3N5O5/c1-25-9-8(21(23)24)10(26-2)19-12(18-9)20-4-3-7(6-20)5-17-11(22)13(14,15)16/h7H,3-6H2,1-2H3,(H,17,22). The zero-order valence-electron chi connectivity index (χ0n) is 13.9. The normalized spacial score (nSPS) is 17.1. The minimum atomic E-state index is -4.93. The first-order valence-electron chi connectivity index (χ1n) is 7.41. The van der Waals surface area contributed by atoms with Crippen LogP contribution in [0.15, 0.2) is 0 Å². The first kappa shape index (κ1) is 19.5. The molecular formula is C13H16F3N5O5. The molecule has 0 aliphatic carbocycles.